The number of nitrogens with one attached hydrogen (secondary N) is 1. The molecule has 2 heterocycles. The third-order valence-electron chi connectivity index (χ3n) is 4.59. The van der Waals surface area contributed by atoms with Crippen molar-refractivity contribution in [3.63, 3.8) is 0 Å². The Hall–Kier alpha value is -0.870. The number of piperidine rings is 1. The predicted molar refractivity (Wildman–Crippen MR) is 74.5 cm³/mol. The third-order valence-corrected chi connectivity index (χ3v) is 4.87. The maximum Gasteiger partial charge on any atom is 0.199 e. The minimum absolute atomic E-state index is 0.0905. The first-order valence-corrected chi connectivity index (χ1v) is 7.52. The van der Waals surface area contributed by atoms with Gasteiger partial charge >= 0.3 is 0 Å². The Morgan fingerprint density at radius 2 is 2.16 bits per heavy atom. The smallest absolute Gasteiger partial charge is 0.199 e. The van der Waals surface area contributed by atoms with Crippen molar-refractivity contribution in [3.8, 4) is 0 Å². The standard InChI is InChI=1S/C14H20ClN3O/c1-18-13(10(15)8-16-18)14(19)12-7-6-9-4-2-3-5-11(9)17-12/h8-9,11-12,17H,2-7H2,1H3. The Bertz CT molecular complexity index is 466. The summed E-state index contributed by atoms with van der Waals surface area (Å²) in [5.41, 5.74) is 0.536. The van der Waals surface area contributed by atoms with Crippen LogP contribution in [0.1, 0.15) is 49.0 Å². The highest BCUT2D eigenvalue weighted by molar-refractivity contribution is 6.33. The van der Waals surface area contributed by atoms with Crippen molar-refractivity contribution in [1.29, 1.82) is 0 Å². The van der Waals surface area contributed by atoms with Crippen molar-refractivity contribution >= 4 is 17.4 Å². The first-order valence-electron chi connectivity index (χ1n) is 7.14. The lowest BCUT2D eigenvalue weighted by molar-refractivity contribution is 0.0852. The molecule has 1 aliphatic heterocycles. The van der Waals surface area contributed by atoms with Gasteiger partial charge in [-0.2, -0.15) is 5.10 Å². The summed E-state index contributed by atoms with van der Waals surface area (Å²) in [6, 6.07) is 0.427. The first-order chi connectivity index (χ1) is 9.16. The SMILES string of the molecule is Cn1ncc(Cl)c1C(=O)C1CCC2CCCCC2N1. The molecule has 5 heteroatoms. The van der Waals surface area contributed by atoms with Gasteiger partial charge in [0.1, 0.15) is 5.69 Å². The normalized spacial score (nSPS) is 30.9. The Labute approximate surface area is 118 Å². The van der Waals surface area contributed by atoms with Crippen molar-refractivity contribution in [2.24, 2.45) is 13.0 Å². The van der Waals surface area contributed by atoms with Crippen LogP contribution < -0.4 is 5.32 Å². The van der Waals surface area contributed by atoms with E-state index in [9.17, 15) is 4.79 Å². The molecule has 0 aromatic carbocycles. The molecule has 0 spiro atoms. The number of ketones is 1. The highest BCUT2D eigenvalue weighted by atomic mass is 35.5. The molecule has 104 valence electrons. The van der Waals surface area contributed by atoms with Gasteiger partial charge in [-0.25, -0.2) is 0 Å². The van der Waals surface area contributed by atoms with Crippen LogP contribution in [-0.2, 0) is 7.05 Å². The number of fused-ring (bicyclic) bond motifs is 1. The second-order valence-electron chi connectivity index (χ2n) is 5.78. The number of aromatic nitrogens is 2. The summed E-state index contributed by atoms with van der Waals surface area (Å²) in [7, 11) is 1.77. The number of carbonyl (C=O) groups excluding carboxylic acids is 1. The zero-order valence-corrected chi connectivity index (χ0v) is 12.0. The van der Waals surface area contributed by atoms with Crippen molar-refractivity contribution in [1.82, 2.24) is 15.1 Å². The predicted octanol–water partition coefficient (Wildman–Crippen LogP) is 2.57. The second kappa shape index (κ2) is 5.25. The molecule has 0 bridgehead atoms. The lowest BCUT2D eigenvalue weighted by atomic mass is 9.77. The van der Waals surface area contributed by atoms with Crippen LogP contribution in [-0.4, -0.2) is 27.6 Å². The Morgan fingerprint density at radius 1 is 1.37 bits per heavy atom. The van der Waals surface area contributed by atoms with Gasteiger partial charge in [0, 0.05) is 13.1 Å². The van der Waals surface area contributed by atoms with E-state index in [2.05, 4.69) is 10.4 Å². The van der Waals surface area contributed by atoms with Crippen LogP contribution in [0.3, 0.4) is 0 Å². The topological polar surface area (TPSA) is 46.9 Å². The molecule has 1 saturated carbocycles. The number of Topliss-reactive ketones (excluding diaryl/α,β-unsaturated/α-hetero) is 1. The highest BCUT2D eigenvalue weighted by Crippen LogP contribution is 2.33. The average molecular weight is 282 g/mol. The molecule has 1 aromatic heterocycles. The van der Waals surface area contributed by atoms with E-state index in [0.717, 1.165) is 18.8 Å². The summed E-state index contributed by atoms with van der Waals surface area (Å²) in [5, 5.41) is 8.06. The Morgan fingerprint density at radius 3 is 2.89 bits per heavy atom. The highest BCUT2D eigenvalue weighted by Gasteiger charge is 2.35. The minimum atomic E-state index is -0.0905. The fourth-order valence-corrected chi connectivity index (χ4v) is 3.81. The number of hydrogen-bond acceptors (Lipinski definition) is 3. The number of halogens is 1. The molecule has 1 N–H and O–H groups in total. The van der Waals surface area contributed by atoms with Crippen molar-refractivity contribution < 1.29 is 4.79 Å². The number of nitrogens with zero attached hydrogens (tertiary/aromatic N) is 2. The van der Waals surface area contributed by atoms with Crippen LogP contribution in [0.5, 0.6) is 0 Å². The van der Waals surface area contributed by atoms with Crippen LogP contribution in [0.2, 0.25) is 5.02 Å². The van der Waals surface area contributed by atoms with E-state index >= 15 is 0 Å². The molecular weight excluding hydrogens is 262 g/mol. The van der Waals surface area contributed by atoms with E-state index in [0.29, 0.717) is 16.8 Å². The van der Waals surface area contributed by atoms with Gasteiger partial charge in [-0.15, -0.1) is 0 Å². The van der Waals surface area contributed by atoms with E-state index in [1.165, 1.54) is 25.7 Å². The zero-order chi connectivity index (χ0) is 13.4. The number of aryl methyl sites for hydroxylation is 1. The summed E-state index contributed by atoms with van der Waals surface area (Å²) in [6.45, 7) is 0. The molecule has 0 amide bonds. The Kier molecular flexibility index (Phi) is 3.63. The van der Waals surface area contributed by atoms with Crippen molar-refractivity contribution in [2.75, 3.05) is 0 Å². The van der Waals surface area contributed by atoms with Crippen LogP contribution in [0, 0.1) is 5.92 Å². The van der Waals surface area contributed by atoms with Gasteiger partial charge in [0.05, 0.1) is 17.3 Å². The van der Waals surface area contributed by atoms with Crippen molar-refractivity contribution in [3.05, 3.63) is 16.9 Å². The van der Waals surface area contributed by atoms with Gasteiger partial charge in [-0.05, 0) is 31.6 Å². The molecule has 1 aliphatic carbocycles. The number of carbonyl (C=O) groups is 1. The van der Waals surface area contributed by atoms with E-state index in [1.54, 1.807) is 17.9 Å². The summed E-state index contributed by atoms with van der Waals surface area (Å²) in [6.07, 6.45) is 8.75. The molecule has 19 heavy (non-hydrogen) atoms. The van der Waals surface area contributed by atoms with Gasteiger partial charge < -0.3 is 5.32 Å². The molecule has 3 atom stereocenters. The van der Waals surface area contributed by atoms with Crippen molar-refractivity contribution in [2.45, 2.75) is 50.6 Å². The van der Waals surface area contributed by atoms with Gasteiger partial charge in [0.25, 0.3) is 0 Å². The third kappa shape index (κ3) is 2.43. The number of rotatable bonds is 2. The molecule has 2 aliphatic rings. The van der Waals surface area contributed by atoms with E-state index in [1.807, 2.05) is 0 Å². The van der Waals surface area contributed by atoms with E-state index in [-0.39, 0.29) is 11.8 Å². The monoisotopic (exact) mass is 281 g/mol. The van der Waals surface area contributed by atoms with Gasteiger partial charge in [-0.1, -0.05) is 24.4 Å². The molecule has 3 rings (SSSR count). The summed E-state index contributed by atoms with van der Waals surface area (Å²) < 4.78 is 1.58. The molecule has 0 radical (unpaired) electrons. The fourth-order valence-electron chi connectivity index (χ4n) is 3.55. The summed E-state index contributed by atoms with van der Waals surface area (Å²) in [5.74, 6) is 0.855. The maximum absolute atomic E-state index is 12.6. The van der Waals surface area contributed by atoms with Gasteiger partial charge in [0.15, 0.2) is 5.78 Å². The fraction of sp³-hybridized carbons (Fsp3) is 0.714. The average Bonchev–Trinajstić information content (AvgIpc) is 2.77. The summed E-state index contributed by atoms with van der Waals surface area (Å²) >= 11 is 6.06. The molecular formula is C14H20ClN3O. The lowest BCUT2D eigenvalue weighted by Crippen LogP contribution is -2.52. The molecule has 4 nitrogen and oxygen atoms in total. The maximum atomic E-state index is 12.6. The van der Waals surface area contributed by atoms with Crippen LogP contribution >= 0.6 is 11.6 Å². The largest absolute Gasteiger partial charge is 0.304 e. The first kappa shape index (κ1) is 13.1. The minimum Gasteiger partial charge on any atom is -0.304 e. The number of hydrogen-bond donors (Lipinski definition) is 1. The van der Waals surface area contributed by atoms with Crippen LogP contribution in [0.25, 0.3) is 0 Å². The van der Waals surface area contributed by atoms with Gasteiger partial charge in [-0.3, -0.25) is 9.48 Å². The van der Waals surface area contributed by atoms with E-state index in [4.69, 9.17) is 11.6 Å². The second-order valence-corrected chi connectivity index (χ2v) is 6.18. The van der Waals surface area contributed by atoms with Crippen LogP contribution in [0.4, 0.5) is 0 Å². The van der Waals surface area contributed by atoms with E-state index < -0.39 is 0 Å². The van der Waals surface area contributed by atoms with Crippen LogP contribution in [0.15, 0.2) is 6.20 Å². The molecule has 1 saturated heterocycles. The lowest BCUT2D eigenvalue weighted by Gasteiger charge is -2.39. The molecule has 3 unspecified atom stereocenters. The molecule has 2 fully saturated rings. The summed E-state index contributed by atoms with van der Waals surface area (Å²) in [4.78, 5) is 12.6. The molecule has 1 aromatic rings. The quantitative estimate of drug-likeness (QED) is 0.848. The Balaban J connectivity index is 1.74. The zero-order valence-electron chi connectivity index (χ0n) is 11.2. The van der Waals surface area contributed by atoms with Gasteiger partial charge in [0.2, 0.25) is 0 Å².